The van der Waals surface area contributed by atoms with E-state index in [1.54, 1.807) is 35.1 Å². The number of aromatic nitrogens is 6. The fourth-order valence-corrected chi connectivity index (χ4v) is 4.31. The van der Waals surface area contributed by atoms with E-state index in [0.29, 0.717) is 22.5 Å². The molecule has 2 aromatic carbocycles. The van der Waals surface area contributed by atoms with Crippen molar-refractivity contribution in [3.8, 4) is 16.9 Å². The molecule has 0 radical (unpaired) electrons. The van der Waals surface area contributed by atoms with Gasteiger partial charge in [0, 0.05) is 24.4 Å². The third kappa shape index (κ3) is 6.00. The Balaban J connectivity index is 1.62. The van der Waals surface area contributed by atoms with Crippen molar-refractivity contribution in [1.29, 1.82) is 0 Å². The van der Waals surface area contributed by atoms with Gasteiger partial charge in [-0.3, -0.25) is 4.79 Å². The molecule has 12 heteroatoms. The third-order valence-electron chi connectivity index (χ3n) is 5.64. The average Bonchev–Trinajstić information content (AvgIpc) is 3.51. The number of carbonyl (C=O) groups is 1. The Morgan fingerprint density at radius 2 is 1.81 bits per heavy atom. The summed E-state index contributed by atoms with van der Waals surface area (Å²) in [5.41, 5.74) is 2.98. The first-order valence-corrected chi connectivity index (χ1v) is 13.3. The van der Waals surface area contributed by atoms with Crippen LogP contribution in [-0.2, 0) is 16.4 Å². The van der Waals surface area contributed by atoms with Gasteiger partial charge in [0.1, 0.15) is 21.3 Å². The quantitative estimate of drug-likeness (QED) is 0.339. The number of amides is 1. The van der Waals surface area contributed by atoms with Gasteiger partial charge in [0.25, 0.3) is 5.91 Å². The minimum Gasteiger partial charge on any atom is -0.333 e. The number of hydrogen-bond donors (Lipinski definition) is 0. The van der Waals surface area contributed by atoms with Crippen molar-refractivity contribution in [2.75, 3.05) is 18.6 Å². The van der Waals surface area contributed by atoms with Crippen LogP contribution in [0.15, 0.2) is 61.1 Å². The maximum atomic E-state index is 13.8. The lowest BCUT2D eigenvalue weighted by Gasteiger charge is -2.29. The SMILES string of the molecule is Cc1ccc(-n2nccn2)c(C(=O)N(CCS(C)(=O)=O)[C@@H](C)Cn2cc(-c3ccc(F)cc3)nn2)c1. The van der Waals surface area contributed by atoms with Gasteiger partial charge in [0.2, 0.25) is 0 Å². The first-order valence-electron chi connectivity index (χ1n) is 11.2. The number of nitrogens with zero attached hydrogens (tertiary/aromatic N) is 7. The van der Waals surface area contributed by atoms with E-state index in [0.717, 1.165) is 11.8 Å². The summed E-state index contributed by atoms with van der Waals surface area (Å²) < 4.78 is 38.7. The molecular formula is C24H26FN7O3S. The Morgan fingerprint density at radius 1 is 1.11 bits per heavy atom. The molecule has 0 unspecified atom stereocenters. The first-order chi connectivity index (χ1) is 17.1. The van der Waals surface area contributed by atoms with Gasteiger partial charge >= 0.3 is 0 Å². The van der Waals surface area contributed by atoms with Gasteiger partial charge in [-0.25, -0.2) is 17.5 Å². The van der Waals surface area contributed by atoms with Crippen LogP contribution < -0.4 is 0 Å². The van der Waals surface area contributed by atoms with Gasteiger partial charge in [-0.1, -0.05) is 16.8 Å². The highest BCUT2D eigenvalue weighted by Gasteiger charge is 2.26. The monoisotopic (exact) mass is 511 g/mol. The highest BCUT2D eigenvalue weighted by atomic mass is 32.2. The first kappa shape index (κ1) is 25.2. The predicted molar refractivity (Wildman–Crippen MR) is 132 cm³/mol. The minimum atomic E-state index is -3.33. The molecule has 4 aromatic rings. The lowest BCUT2D eigenvalue weighted by molar-refractivity contribution is 0.0686. The van der Waals surface area contributed by atoms with Crippen LogP contribution in [0.3, 0.4) is 0 Å². The molecule has 10 nitrogen and oxygen atoms in total. The van der Waals surface area contributed by atoms with Crippen LogP contribution in [0.25, 0.3) is 16.9 Å². The number of rotatable bonds is 9. The molecule has 0 N–H and O–H groups in total. The Labute approximate surface area is 208 Å². The second-order valence-corrected chi connectivity index (χ2v) is 10.9. The second-order valence-electron chi connectivity index (χ2n) is 8.65. The topological polar surface area (TPSA) is 116 Å². The summed E-state index contributed by atoms with van der Waals surface area (Å²) in [5, 5.41) is 16.6. The smallest absolute Gasteiger partial charge is 0.256 e. The van der Waals surface area contributed by atoms with E-state index in [1.165, 1.54) is 34.2 Å². The van der Waals surface area contributed by atoms with Gasteiger partial charge in [-0.2, -0.15) is 15.0 Å². The number of aryl methyl sites for hydroxylation is 1. The van der Waals surface area contributed by atoms with E-state index in [2.05, 4.69) is 20.5 Å². The van der Waals surface area contributed by atoms with Gasteiger partial charge in [-0.05, 0) is 50.2 Å². The number of halogens is 1. The van der Waals surface area contributed by atoms with Crippen molar-refractivity contribution in [3.63, 3.8) is 0 Å². The van der Waals surface area contributed by atoms with E-state index in [1.807, 2.05) is 19.9 Å². The summed E-state index contributed by atoms with van der Waals surface area (Å²) in [6, 6.07) is 10.8. The molecule has 0 aliphatic heterocycles. The van der Waals surface area contributed by atoms with Crippen LogP contribution in [0.5, 0.6) is 0 Å². The summed E-state index contributed by atoms with van der Waals surface area (Å²) in [6.07, 6.45) is 5.87. The molecular weight excluding hydrogens is 485 g/mol. The summed E-state index contributed by atoms with van der Waals surface area (Å²) in [6.45, 7) is 3.96. The van der Waals surface area contributed by atoms with Crippen molar-refractivity contribution in [1.82, 2.24) is 34.9 Å². The Hall–Kier alpha value is -3.93. The van der Waals surface area contributed by atoms with Crippen molar-refractivity contribution >= 4 is 15.7 Å². The number of sulfone groups is 1. The maximum Gasteiger partial charge on any atom is 0.256 e. The van der Waals surface area contributed by atoms with Crippen LogP contribution in [0.1, 0.15) is 22.8 Å². The zero-order chi connectivity index (χ0) is 25.9. The van der Waals surface area contributed by atoms with Crippen LogP contribution in [-0.4, -0.2) is 73.8 Å². The average molecular weight is 512 g/mol. The van der Waals surface area contributed by atoms with Crippen LogP contribution in [0.4, 0.5) is 4.39 Å². The fraction of sp³-hybridized carbons (Fsp3) is 0.292. The van der Waals surface area contributed by atoms with E-state index in [9.17, 15) is 17.6 Å². The Morgan fingerprint density at radius 3 is 2.47 bits per heavy atom. The molecule has 2 aromatic heterocycles. The Bertz CT molecular complexity index is 1450. The van der Waals surface area contributed by atoms with E-state index in [-0.39, 0.29) is 30.6 Å². The third-order valence-corrected chi connectivity index (χ3v) is 6.57. The molecule has 0 spiro atoms. The van der Waals surface area contributed by atoms with E-state index in [4.69, 9.17) is 0 Å². The molecule has 0 saturated heterocycles. The standard InChI is InChI=1S/C24H26FN7O3S/c1-17-4-9-23(32-26-10-11-27-32)21(14-17)24(33)31(12-13-36(3,34)35)18(2)15-30-16-22(28-29-30)19-5-7-20(25)8-6-19/h4-11,14,16,18H,12-13,15H2,1-3H3/t18-/m0/s1. The molecule has 188 valence electrons. The van der Waals surface area contributed by atoms with Crippen molar-refractivity contribution in [2.24, 2.45) is 0 Å². The fourth-order valence-electron chi connectivity index (χ4n) is 3.79. The molecule has 36 heavy (non-hydrogen) atoms. The molecule has 2 heterocycles. The molecule has 0 aliphatic carbocycles. The van der Waals surface area contributed by atoms with E-state index < -0.39 is 15.9 Å². The van der Waals surface area contributed by atoms with Crippen molar-refractivity contribution in [3.05, 3.63) is 78.0 Å². The number of carbonyl (C=O) groups excluding carboxylic acids is 1. The van der Waals surface area contributed by atoms with Gasteiger partial charge in [0.15, 0.2) is 0 Å². The molecule has 1 amide bonds. The van der Waals surface area contributed by atoms with Gasteiger partial charge in [0.05, 0.1) is 42.1 Å². The Kier molecular flexibility index (Phi) is 7.25. The minimum absolute atomic E-state index is 0.00172. The number of benzene rings is 2. The second kappa shape index (κ2) is 10.4. The van der Waals surface area contributed by atoms with Crippen molar-refractivity contribution < 1.29 is 17.6 Å². The molecule has 0 bridgehead atoms. The van der Waals surface area contributed by atoms with Gasteiger partial charge in [-0.15, -0.1) is 5.10 Å². The zero-order valence-corrected chi connectivity index (χ0v) is 20.9. The molecule has 0 aliphatic rings. The van der Waals surface area contributed by atoms with E-state index >= 15 is 0 Å². The number of hydrogen-bond acceptors (Lipinski definition) is 7. The lowest BCUT2D eigenvalue weighted by atomic mass is 10.1. The summed E-state index contributed by atoms with van der Waals surface area (Å²) in [7, 11) is -3.33. The molecule has 0 fully saturated rings. The zero-order valence-electron chi connectivity index (χ0n) is 20.1. The summed E-state index contributed by atoms with van der Waals surface area (Å²) in [4.78, 5) is 16.7. The van der Waals surface area contributed by atoms with Gasteiger partial charge < -0.3 is 4.90 Å². The molecule has 4 rings (SSSR count). The lowest BCUT2D eigenvalue weighted by Crippen LogP contribution is -2.44. The van der Waals surface area contributed by atoms with Crippen LogP contribution >= 0.6 is 0 Å². The molecule has 1 atom stereocenters. The van der Waals surface area contributed by atoms with Crippen LogP contribution in [0, 0.1) is 12.7 Å². The summed E-state index contributed by atoms with van der Waals surface area (Å²) in [5.74, 6) is -0.885. The summed E-state index contributed by atoms with van der Waals surface area (Å²) >= 11 is 0. The predicted octanol–water partition coefficient (Wildman–Crippen LogP) is 2.55. The van der Waals surface area contributed by atoms with Crippen molar-refractivity contribution in [2.45, 2.75) is 26.4 Å². The normalized spacial score (nSPS) is 12.4. The molecule has 0 saturated carbocycles. The maximum absolute atomic E-state index is 13.8. The highest BCUT2D eigenvalue weighted by molar-refractivity contribution is 7.90. The highest BCUT2D eigenvalue weighted by Crippen LogP contribution is 2.20. The largest absolute Gasteiger partial charge is 0.333 e. The van der Waals surface area contributed by atoms with Crippen LogP contribution in [0.2, 0.25) is 0 Å².